The van der Waals surface area contributed by atoms with Crippen molar-refractivity contribution in [2.24, 2.45) is 0 Å². The molecule has 2 N–H and O–H groups in total. The molecule has 0 spiro atoms. The Morgan fingerprint density at radius 1 is 1.39 bits per heavy atom. The van der Waals surface area contributed by atoms with E-state index in [1.165, 1.54) is 37.9 Å². The summed E-state index contributed by atoms with van der Waals surface area (Å²) in [6.45, 7) is 5.41. The molecule has 0 aliphatic carbocycles. The molecule has 6 nitrogen and oxygen atoms in total. The van der Waals surface area contributed by atoms with Crippen LogP contribution in [-0.2, 0) is 0 Å². The highest BCUT2D eigenvalue weighted by Gasteiger charge is 2.17. The Kier molecular flexibility index (Phi) is 6.73. The summed E-state index contributed by atoms with van der Waals surface area (Å²) in [5.41, 5.74) is 0.822. The second kappa shape index (κ2) is 8.79. The third-order valence-corrected chi connectivity index (χ3v) is 4.43. The van der Waals surface area contributed by atoms with Gasteiger partial charge in [0.1, 0.15) is 0 Å². The Balaban J connectivity index is 1.65. The predicted molar refractivity (Wildman–Crippen MR) is 96.8 cm³/mol. The second-order valence-electron chi connectivity index (χ2n) is 5.92. The standard InChI is InChI=1S/C16H24N4O2S/c1-13-5-2-3-11-19(13)12-4-10-17-16(23)18-14-6-8-15(9-7-14)20(21)22/h6-9,13H,2-5,10-12H2,1H3,(H2,17,18,23)/t13-/m0/s1. The van der Waals surface area contributed by atoms with Crippen LogP contribution >= 0.6 is 12.2 Å². The Labute approximate surface area is 142 Å². The fourth-order valence-electron chi connectivity index (χ4n) is 2.82. The van der Waals surface area contributed by atoms with Crippen LogP contribution in [0, 0.1) is 10.1 Å². The highest BCUT2D eigenvalue weighted by molar-refractivity contribution is 7.80. The number of nitro groups is 1. The number of piperidine rings is 1. The van der Waals surface area contributed by atoms with Crippen molar-refractivity contribution in [3.05, 3.63) is 34.4 Å². The van der Waals surface area contributed by atoms with Crippen molar-refractivity contribution in [2.45, 2.75) is 38.6 Å². The van der Waals surface area contributed by atoms with E-state index in [9.17, 15) is 10.1 Å². The first-order valence-electron chi connectivity index (χ1n) is 8.09. The lowest BCUT2D eigenvalue weighted by Gasteiger charge is -2.33. The number of thiocarbonyl (C=S) groups is 1. The van der Waals surface area contributed by atoms with Gasteiger partial charge < -0.3 is 15.5 Å². The lowest BCUT2D eigenvalue weighted by atomic mass is 10.0. The molecule has 1 aromatic rings. The molecule has 1 saturated heterocycles. The monoisotopic (exact) mass is 336 g/mol. The average molecular weight is 336 g/mol. The molecular weight excluding hydrogens is 312 g/mol. The zero-order valence-electron chi connectivity index (χ0n) is 13.5. The molecule has 0 saturated carbocycles. The molecule has 0 radical (unpaired) electrons. The molecule has 1 heterocycles. The van der Waals surface area contributed by atoms with Gasteiger partial charge in [-0.3, -0.25) is 10.1 Å². The summed E-state index contributed by atoms with van der Waals surface area (Å²) in [6, 6.07) is 6.92. The summed E-state index contributed by atoms with van der Waals surface area (Å²) in [5.74, 6) is 0. The van der Waals surface area contributed by atoms with Gasteiger partial charge in [0, 0.05) is 37.0 Å². The van der Waals surface area contributed by atoms with E-state index < -0.39 is 4.92 Å². The summed E-state index contributed by atoms with van der Waals surface area (Å²) in [7, 11) is 0. The largest absolute Gasteiger partial charge is 0.362 e. The van der Waals surface area contributed by atoms with Gasteiger partial charge in [-0.05, 0) is 57.1 Å². The third kappa shape index (κ3) is 5.76. The minimum atomic E-state index is -0.415. The van der Waals surface area contributed by atoms with Gasteiger partial charge in [-0.15, -0.1) is 0 Å². The molecule has 0 amide bonds. The Morgan fingerprint density at radius 2 is 2.13 bits per heavy atom. The van der Waals surface area contributed by atoms with Crippen LogP contribution in [-0.4, -0.2) is 40.6 Å². The number of rotatable bonds is 6. The molecule has 0 unspecified atom stereocenters. The Morgan fingerprint density at radius 3 is 2.78 bits per heavy atom. The lowest BCUT2D eigenvalue weighted by molar-refractivity contribution is -0.384. The van der Waals surface area contributed by atoms with Crippen molar-refractivity contribution in [3.63, 3.8) is 0 Å². The molecule has 1 aliphatic heterocycles. The first-order valence-corrected chi connectivity index (χ1v) is 8.50. The Hall–Kier alpha value is -1.73. The fraction of sp³-hybridized carbons (Fsp3) is 0.562. The molecule has 1 atom stereocenters. The van der Waals surface area contributed by atoms with E-state index in [-0.39, 0.29) is 5.69 Å². The second-order valence-corrected chi connectivity index (χ2v) is 6.33. The van der Waals surface area contributed by atoms with Crippen LogP contribution in [0.1, 0.15) is 32.6 Å². The van der Waals surface area contributed by atoms with E-state index in [1.807, 2.05) is 0 Å². The number of non-ortho nitro benzene ring substituents is 1. The predicted octanol–water partition coefficient (Wildman–Crippen LogP) is 3.15. The molecular formula is C16H24N4O2S. The van der Waals surface area contributed by atoms with Gasteiger partial charge in [-0.1, -0.05) is 6.42 Å². The molecule has 23 heavy (non-hydrogen) atoms. The minimum absolute atomic E-state index is 0.0741. The maximum atomic E-state index is 10.6. The number of hydrogen-bond acceptors (Lipinski definition) is 4. The van der Waals surface area contributed by atoms with E-state index in [0.717, 1.165) is 25.2 Å². The summed E-state index contributed by atoms with van der Waals surface area (Å²) in [4.78, 5) is 12.7. The minimum Gasteiger partial charge on any atom is -0.362 e. The third-order valence-electron chi connectivity index (χ3n) is 4.18. The quantitative estimate of drug-likeness (QED) is 0.360. The fourth-order valence-corrected chi connectivity index (χ4v) is 3.04. The summed E-state index contributed by atoms with van der Waals surface area (Å²) in [5, 5.41) is 17.4. The van der Waals surface area contributed by atoms with Gasteiger partial charge in [0.05, 0.1) is 4.92 Å². The normalized spacial score (nSPS) is 18.4. The average Bonchev–Trinajstić information content (AvgIpc) is 2.53. The number of nitrogens with one attached hydrogen (secondary N) is 2. The number of likely N-dealkylation sites (tertiary alicyclic amines) is 1. The highest BCUT2D eigenvalue weighted by atomic mass is 32.1. The number of hydrogen-bond donors (Lipinski definition) is 2. The van der Waals surface area contributed by atoms with Crippen LogP contribution in [0.4, 0.5) is 11.4 Å². The van der Waals surface area contributed by atoms with Crippen molar-refractivity contribution in [1.29, 1.82) is 0 Å². The molecule has 7 heteroatoms. The van der Waals surface area contributed by atoms with E-state index >= 15 is 0 Å². The summed E-state index contributed by atoms with van der Waals surface area (Å²) < 4.78 is 0. The van der Waals surface area contributed by atoms with Crippen LogP contribution in [0.15, 0.2) is 24.3 Å². The van der Waals surface area contributed by atoms with Crippen LogP contribution in [0.2, 0.25) is 0 Å². The van der Waals surface area contributed by atoms with Crippen LogP contribution < -0.4 is 10.6 Å². The van der Waals surface area contributed by atoms with Crippen molar-refractivity contribution >= 4 is 28.7 Å². The van der Waals surface area contributed by atoms with Crippen LogP contribution in [0.25, 0.3) is 0 Å². The van der Waals surface area contributed by atoms with Crippen molar-refractivity contribution in [3.8, 4) is 0 Å². The number of nitro benzene ring substituents is 1. The maximum Gasteiger partial charge on any atom is 0.269 e. The van der Waals surface area contributed by atoms with Crippen LogP contribution in [0.5, 0.6) is 0 Å². The summed E-state index contributed by atoms with van der Waals surface area (Å²) in [6.07, 6.45) is 5.00. The van der Waals surface area contributed by atoms with Crippen molar-refractivity contribution < 1.29 is 4.92 Å². The molecule has 0 bridgehead atoms. The van der Waals surface area contributed by atoms with Gasteiger partial charge in [-0.2, -0.15) is 0 Å². The molecule has 0 aromatic heterocycles. The van der Waals surface area contributed by atoms with Crippen molar-refractivity contribution in [2.75, 3.05) is 25.0 Å². The number of anilines is 1. The zero-order valence-corrected chi connectivity index (χ0v) is 14.3. The maximum absolute atomic E-state index is 10.6. The summed E-state index contributed by atoms with van der Waals surface area (Å²) >= 11 is 5.24. The number of benzene rings is 1. The SMILES string of the molecule is C[C@H]1CCCCN1CCCNC(=S)Nc1ccc([N+](=O)[O-])cc1. The van der Waals surface area contributed by atoms with Gasteiger partial charge in [0.2, 0.25) is 0 Å². The molecule has 126 valence electrons. The van der Waals surface area contributed by atoms with Gasteiger partial charge in [0.15, 0.2) is 5.11 Å². The van der Waals surface area contributed by atoms with E-state index in [4.69, 9.17) is 12.2 Å². The molecule has 2 rings (SSSR count). The zero-order chi connectivity index (χ0) is 16.7. The van der Waals surface area contributed by atoms with Crippen LogP contribution in [0.3, 0.4) is 0 Å². The van der Waals surface area contributed by atoms with Gasteiger partial charge in [-0.25, -0.2) is 0 Å². The number of nitrogens with zero attached hydrogens (tertiary/aromatic N) is 2. The van der Waals surface area contributed by atoms with Gasteiger partial charge >= 0.3 is 0 Å². The highest BCUT2D eigenvalue weighted by Crippen LogP contribution is 2.16. The molecule has 1 aromatic carbocycles. The topological polar surface area (TPSA) is 70.4 Å². The lowest BCUT2D eigenvalue weighted by Crippen LogP contribution is -2.39. The Bertz CT molecular complexity index is 535. The van der Waals surface area contributed by atoms with E-state index in [1.54, 1.807) is 12.1 Å². The molecule has 1 aliphatic rings. The molecule has 1 fully saturated rings. The van der Waals surface area contributed by atoms with Gasteiger partial charge in [0.25, 0.3) is 5.69 Å². The first-order chi connectivity index (χ1) is 11.1. The van der Waals surface area contributed by atoms with E-state index in [2.05, 4.69) is 22.5 Å². The van der Waals surface area contributed by atoms with E-state index in [0.29, 0.717) is 11.2 Å². The first kappa shape index (κ1) is 17.6. The smallest absolute Gasteiger partial charge is 0.269 e. The van der Waals surface area contributed by atoms with Crippen molar-refractivity contribution in [1.82, 2.24) is 10.2 Å².